The number of hydrogen-bond donors (Lipinski definition) is 1. The summed E-state index contributed by atoms with van der Waals surface area (Å²) in [5.74, 6) is 0.755. The Morgan fingerprint density at radius 2 is 2.20 bits per heavy atom. The van der Waals surface area contributed by atoms with E-state index < -0.39 is 0 Å². The van der Waals surface area contributed by atoms with Gasteiger partial charge in [-0.1, -0.05) is 25.6 Å². The predicted molar refractivity (Wildman–Crippen MR) is 87.1 cm³/mol. The van der Waals surface area contributed by atoms with Gasteiger partial charge in [0.2, 0.25) is 0 Å². The first-order chi connectivity index (χ1) is 9.63. The Hall–Kier alpha value is -2.16. The molecular weight excluding hydrogens is 248 g/mol. The summed E-state index contributed by atoms with van der Waals surface area (Å²) >= 11 is 0. The monoisotopic (exact) mass is 270 g/mol. The Labute approximate surface area is 121 Å². The van der Waals surface area contributed by atoms with Crippen LogP contribution in [-0.4, -0.2) is 18.5 Å². The Kier molecular flexibility index (Phi) is 6.44. The van der Waals surface area contributed by atoms with E-state index in [0.717, 1.165) is 28.9 Å². The second-order valence-electron chi connectivity index (χ2n) is 4.38. The normalized spacial score (nSPS) is 11.7. The molecule has 1 aromatic carbocycles. The van der Waals surface area contributed by atoms with E-state index in [1.54, 1.807) is 25.4 Å². The number of allylic oxidation sites excluding steroid dienone is 2. The van der Waals surface area contributed by atoms with Gasteiger partial charge >= 0.3 is 0 Å². The Morgan fingerprint density at radius 1 is 1.45 bits per heavy atom. The zero-order valence-corrected chi connectivity index (χ0v) is 12.4. The van der Waals surface area contributed by atoms with Gasteiger partial charge in [0.1, 0.15) is 5.75 Å². The number of nitrogens with zero attached hydrogens (tertiary/aromatic N) is 1. The summed E-state index contributed by atoms with van der Waals surface area (Å²) in [6.07, 6.45) is 6.20. The van der Waals surface area contributed by atoms with Crippen LogP contribution in [0.1, 0.15) is 38.3 Å². The molecule has 3 heteroatoms. The lowest BCUT2D eigenvalue weighted by molar-refractivity contribution is 0.317. The van der Waals surface area contributed by atoms with Gasteiger partial charge in [0.05, 0.1) is 6.61 Å². The molecule has 1 aromatic rings. The van der Waals surface area contributed by atoms with Crippen LogP contribution in [0.15, 0.2) is 42.0 Å². The predicted octanol–water partition coefficient (Wildman–Crippen LogP) is 4.48. The van der Waals surface area contributed by atoms with Gasteiger partial charge in [-0.2, -0.15) is 0 Å². The molecule has 0 unspecified atom stereocenters. The van der Waals surface area contributed by atoms with Crippen molar-refractivity contribution in [3.05, 3.63) is 48.2 Å². The number of benzene rings is 1. The molecule has 0 aliphatic carbocycles. The highest BCUT2D eigenvalue weighted by molar-refractivity contribution is 5.99. The maximum absolute atomic E-state index is 7.89. The number of hydrogen-bond acceptors (Lipinski definition) is 3. The highest BCUT2D eigenvalue weighted by Gasteiger charge is 2.08. The van der Waals surface area contributed by atoms with Gasteiger partial charge in [0.25, 0.3) is 0 Å². The smallest absolute Gasteiger partial charge is 0.128 e. The number of rotatable bonds is 7. The van der Waals surface area contributed by atoms with Crippen molar-refractivity contribution in [2.75, 3.05) is 6.61 Å². The van der Waals surface area contributed by atoms with Crippen molar-refractivity contribution in [3.63, 3.8) is 0 Å². The minimum absolute atomic E-state index is 0.486. The van der Waals surface area contributed by atoms with E-state index in [1.165, 1.54) is 0 Å². The molecule has 0 spiro atoms. The molecule has 0 aliphatic rings. The Morgan fingerprint density at radius 3 is 2.75 bits per heavy atom. The molecule has 0 saturated carbocycles. The van der Waals surface area contributed by atoms with Crippen LogP contribution in [0, 0.1) is 5.41 Å². The van der Waals surface area contributed by atoms with Gasteiger partial charge in [0, 0.05) is 23.7 Å². The summed E-state index contributed by atoms with van der Waals surface area (Å²) in [4.78, 5) is 4.12. The fourth-order valence-corrected chi connectivity index (χ4v) is 1.74. The van der Waals surface area contributed by atoms with E-state index in [0.29, 0.717) is 12.3 Å². The van der Waals surface area contributed by atoms with E-state index in [-0.39, 0.29) is 0 Å². The zero-order chi connectivity index (χ0) is 15.0. The molecule has 0 heterocycles. The molecule has 3 nitrogen and oxygen atoms in total. The van der Waals surface area contributed by atoms with Crippen LogP contribution in [0.3, 0.4) is 0 Å². The summed E-state index contributed by atoms with van der Waals surface area (Å²) in [5.41, 5.74) is 3.20. The average molecular weight is 270 g/mol. The van der Waals surface area contributed by atoms with Gasteiger partial charge in [0.15, 0.2) is 0 Å². The van der Waals surface area contributed by atoms with E-state index in [2.05, 4.69) is 18.5 Å². The highest BCUT2D eigenvalue weighted by atomic mass is 16.5. The summed E-state index contributed by atoms with van der Waals surface area (Å²) < 4.78 is 5.68. The van der Waals surface area contributed by atoms with Gasteiger partial charge in [-0.3, -0.25) is 4.99 Å². The van der Waals surface area contributed by atoms with Crippen molar-refractivity contribution in [2.45, 2.75) is 27.2 Å². The van der Waals surface area contributed by atoms with E-state index >= 15 is 0 Å². The standard InChI is InChI=1S/C17H22N2O/c1-5-10-20-17-9-8-15(11-16(17)13(4)18)14(6-2)12-19-7-3/h6-9,11-12,18H,2,5,10H2,1,3-4H3. The number of ether oxygens (including phenoxy) is 1. The molecule has 0 bridgehead atoms. The van der Waals surface area contributed by atoms with Crippen molar-refractivity contribution in [3.8, 4) is 5.75 Å². The Balaban J connectivity index is 3.21. The molecule has 106 valence electrons. The molecule has 0 aliphatic heterocycles. The molecule has 0 atom stereocenters. The average Bonchev–Trinajstić information content (AvgIpc) is 2.46. The lowest BCUT2D eigenvalue weighted by Crippen LogP contribution is -2.03. The first kappa shape index (κ1) is 15.9. The fourth-order valence-electron chi connectivity index (χ4n) is 1.74. The molecule has 20 heavy (non-hydrogen) atoms. The van der Waals surface area contributed by atoms with Crippen LogP contribution in [0.2, 0.25) is 0 Å². The number of nitrogens with one attached hydrogen (secondary N) is 1. The maximum Gasteiger partial charge on any atom is 0.128 e. The van der Waals surface area contributed by atoms with E-state index in [4.69, 9.17) is 10.1 Å². The fraction of sp³-hybridized carbons (Fsp3) is 0.294. The molecular formula is C17H22N2O. The molecule has 0 fully saturated rings. The van der Waals surface area contributed by atoms with Crippen LogP contribution in [0.4, 0.5) is 0 Å². The minimum atomic E-state index is 0.486. The topological polar surface area (TPSA) is 45.4 Å². The van der Waals surface area contributed by atoms with Crippen LogP contribution >= 0.6 is 0 Å². The van der Waals surface area contributed by atoms with Crippen LogP contribution in [0.25, 0.3) is 5.57 Å². The Bertz CT molecular complexity index is 542. The van der Waals surface area contributed by atoms with Crippen molar-refractivity contribution in [1.82, 2.24) is 0 Å². The summed E-state index contributed by atoms with van der Waals surface area (Å²) in [6, 6.07) is 5.83. The SMILES string of the molecule is C=CC(=CN=CC)c1ccc(OCCC)c(C(C)=N)c1. The van der Waals surface area contributed by atoms with Gasteiger partial charge < -0.3 is 10.1 Å². The minimum Gasteiger partial charge on any atom is -0.493 e. The quantitative estimate of drug-likeness (QED) is 0.576. The van der Waals surface area contributed by atoms with Gasteiger partial charge in [-0.15, -0.1) is 0 Å². The van der Waals surface area contributed by atoms with Crippen molar-refractivity contribution in [2.24, 2.45) is 4.99 Å². The van der Waals surface area contributed by atoms with Crippen molar-refractivity contribution < 1.29 is 4.74 Å². The number of aliphatic imine (C=N–C) groups is 1. The first-order valence-electron chi connectivity index (χ1n) is 6.77. The van der Waals surface area contributed by atoms with Crippen molar-refractivity contribution in [1.29, 1.82) is 5.41 Å². The third kappa shape index (κ3) is 4.19. The van der Waals surface area contributed by atoms with Crippen LogP contribution in [-0.2, 0) is 0 Å². The van der Waals surface area contributed by atoms with Crippen LogP contribution in [0.5, 0.6) is 5.75 Å². The van der Waals surface area contributed by atoms with Gasteiger partial charge in [-0.05, 0) is 43.5 Å². The van der Waals surface area contributed by atoms with E-state index in [9.17, 15) is 0 Å². The lowest BCUT2D eigenvalue weighted by atomic mass is 10.0. The zero-order valence-electron chi connectivity index (χ0n) is 12.4. The molecule has 0 amide bonds. The highest BCUT2D eigenvalue weighted by Crippen LogP contribution is 2.25. The molecule has 1 N–H and O–H groups in total. The summed E-state index contributed by atoms with van der Waals surface area (Å²) in [6.45, 7) is 10.2. The molecule has 0 radical (unpaired) electrons. The first-order valence-corrected chi connectivity index (χ1v) is 6.77. The third-order valence-electron chi connectivity index (χ3n) is 2.76. The molecule has 0 aromatic heterocycles. The second-order valence-corrected chi connectivity index (χ2v) is 4.38. The van der Waals surface area contributed by atoms with Crippen LogP contribution < -0.4 is 4.74 Å². The third-order valence-corrected chi connectivity index (χ3v) is 2.76. The molecule has 1 rings (SSSR count). The lowest BCUT2D eigenvalue weighted by Gasteiger charge is -2.12. The maximum atomic E-state index is 7.89. The van der Waals surface area contributed by atoms with Gasteiger partial charge in [-0.25, -0.2) is 0 Å². The summed E-state index contributed by atoms with van der Waals surface area (Å²) in [7, 11) is 0. The molecule has 0 saturated heterocycles. The van der Waals surface area contributed by atoms with Crippen molar-refractivity contribution >= 4 is 17.5 Å². The second kappa shape index (κ2) is 8.10. The van der Waals surface area contributed by atoms with E-state index in [1.807, 2.05) is 25.1 Å². The summed E-state index contributed by atoms with van der Waals surface area (Å²) in [5, 5.41) is 7.89. The largest absolute Gasteiger partial charge is 0.493 e.